The second kappa shape index (κ2) is 82.1. The zero-order chi connectivity index (χ0) is 102. The predicted octanol–water partition coefficient (Wildman–Crippen LogP) is 24.5. The fourth-order valence-corrected chi connectivity index (χ4v) is 15.3. The molecule has 3 heterocycles. The number of aromatic nitrogens is 6. The molecule has 41 heteroatoms. The number of alkyl halides is 1. The Hall–Kier alpha value is -5.95. The summed E-state index contributed by atoms with van der Waals surface area (Å²) in [5.41, 5.74) is 11.3. The van der Waals surface area contributed by atoms with Crippen LogP contribution in [0.3, 0.4) is 0 Å². The molecule has 141 heavy (non-hydrogen) atoms. The number of benzene rings is 8. The van der Waals surface area contributed by atoms with E-state index < -0.39 is 15.7 Å². The van der Waals surface area contributed by atoms with Crippen LogP contribution in [0, 0.1) is 13.1 Å². The number of amidine groups is 1. The molecule has 0 spiro atoms. The van der Waals surface area contributed by atoms with Crippen LogP contribution in [-0.2, 0) is 9.68 Å². The Morgan fingerprint density at radius 1 is 0.418 bits per heavy atom. The van der Waals surface area contributed by atoms with Crippen LogP contribution in [0.5, 0.6) is 34.5 Å². The maximum atomic E-state index is 10.9. The van der Waals surface area contributed by atoms with Crippen LogP contribution in [0.15, 0.2) is 191 Å². The maximum Gasteiger partial charge on any atom is 1.00 e. The third-order valence-electron chi connectivity index (χ3n) is 18.9. The maximum absolute atomic E-state index is 10.9. The van der Waals surface area contributed by atoms with Crippen molar-refractivity contribution < 1.29 is 191 Å². The number of carbonyl (C=O) groups excluding carboxylic acids is 4. The number of carbonyl (C=O) groups is 4. The van der Waals surface area contributed by atoms with E-state index in [9.17, 15) is 14.4 Å². The van der Waals surface area contributed by atoms with Crippen molar-refractivity contribution in [3.63, 3.8) is 0 Å². The van der Waals surface area contributed by atoms with Crippen molar-refractivity contribution in [2.75, 3.05) is 45.0 Å². The molecule has 0 fully saturated rings. The number of phenols is 1. The van der Waals surface area contributed by atoms with Gasteiger partial charge in [-0.1, -0.05) is 213 Å². The van der Waals surface area contributed by atoms with Gasteiger partial charge in [0, 0.05) is 76.5 Å². The standard InChI is InChI=1S/C48H51Br3N6O6.C13H19BrN2O2.C13H16BrNO.C9H3Cl3O3.C7H4BrNO.C6H13Br.C2H6O.CH2O3.CH4.2K.H3NO.H/c1-4-7-10-13-22-58-40-19-16-31(28-37(40)49)43-52-46(61-55-43)34-25-35(47-53-44(56-62-47)32-17-20-41(38(50)29-32)59-23-14-11-8-5-2)27-36(26-34)48-54-45(57-63-48)33-18-21-42(39(51)30-33)60-24-15-12-9-6-3;1-2-3-4-5-8-18-12-7-6-10(9-11(12)14)13(15)16-17;1-3-4-5-6-9-16-13-8-7-11(15-2)10-12(13)14;10-7(13)4-1-5(8(11)14)3-6(2-4)9(12)15;1-9-5-2-3-7(10)6(8)4-5;1-2-3-4-5-6-7;1-2-3;2-1-4-3;;;;1-2;/h16-21,25-30H,4-15,22-24H2,1-3H3;6-7,9,17H,2-5,8H2,1H3,(H2,15,16);7-8,10H,3-6,9H2,1H3;1-3H;2-4,10H;2-6H2,1H3;3H,2H2,1H3;1,3H;1H4;;;2H,1H2;/q;;;;;;;;;2*+1;;-1/p-1. The number of hydrogen-bond acceptors (Lipinski definition) is 26. The molecule has 8 N–H and O–H groups in total. The Morgan fingerprint density at radius 2 is 0.681 bits per heavy atom. The van der Waals surface area contributed by atoms with Gasteiger partial charge in [0.25, 0.3) is 39.9 Å². The summed E-state index contributed by atoms with van der Waals surface area (Å²) >= 11 is 39.9. The largest absolute Gasteiger partial charge is 1.00 e. The van der Waals surface area contributed by atoms with Crippen molar-refractivity contribution >= 4 is 186 Å². The summed E-state index contributed by atoms with van der Waals surface area (Å²) < 4.78 is 51.6. The van der Waals surface area contributed by atoms with E-state index in [-0.39, 0.29) is 171 Å². The molecule has 3 aromatic heterocycles. The van der Waals surface area contributed by atoms with Gasteiger partial charge in [0.2, 0.25) is 17.5 Å². The zero-order valence-electron chi connectivity index (χ0n) is 80.8. The van der Waals surface area contributed by atoms with Gasteiger partial charge < -0.3 is 75.2 Å². The van der Waals surface area contributed by atoms with Crippen molar-refractivity contribution in [2.24, 2.45) is 16.8 Å². The van der Waals surface area contributed by atoms with Gasteiger partial charge >= 0.3 is 103 Å². The quantitative estimate of drug-likeness (QED) is 0.00176. The molecule has 11 aromatic rings. The Morgan fingerprint density at radius 3 is 0.922 bits per heavy atom. The van der Waals surface area contributed by atoms with E-state index in [0.717, 1.165) is 126 Å². The van der Waals surface area contributed by atoms with Gasteiger partial charge in [-0.2, -0.15) is 15.0 Å². The zero-order valence-corrected chi connectivity index (χ0v) is 99.4. The Kier molecular flexibility index (Phi) is 78.6. The van der Waals surface area contributed by atoms with Crippen LogP contribution in [-0.4, -0.2) is 124 Å². The third-order valence-corrected chi connectivity index (χ3v) is 23.8. The van der Waals surface area contributed by atoms with Gasteiger partial charge in [-0.05, 0) is 309 Å². The fraction of sp³-hybridized carbons (Fsp3) is 0.390. The minimum atomic E-state index is -0.797. The number of aromatic hydroxyl groups is 1. The number of nitrogens with two attached hydrogens (primary N) is 2. The fourth-order valence-electron chi connectivity index (χ4n) is 11.8. The minimum absolute atomic E-state index is 0. The first-order chi connectivity index (χ1) is 66.7. The summed E-state index contributed by atoms with van der Waals surface area (Å²) in [4.78, 5) is 64.7. The number of halogens is 10. The first-order valence-electron chi connectivity index (χ1n) is 44.6. The van der Waals surface area contributed by atoms with Gasteiger partial charge in [0.15, 0.2) is 17.2 Å². The van der Waals surface area contributed by atoms with Crippen LogP contribution in [0.1, 0.15) is 248 Å². The first-order valence-corrected chi connectivity index (χ1v) is 51.6. The summed E-state index contributed by atoms with van der Waals surface area (Å²) in [6.07, 6.45) is 28.6. The van der Waals surface area contributed by atoms with Gasteiger partial charge in [0.05, 0.1) is 64.1 Å². The Bertz CT molecular complexity index is 5200. The average molecular weight is 2510 g/mol. The topological polar surface area (TPSA) is 418 Å². The molecule has 0 aliphatic heterocycles. The molecule has 0 unspecified atom stereocenters. The van der Waals surface area contributed by atoms with E-state index >= 15 is 0 Å². The molecule has 0 aliphatic carbocycles. The normalized spacial score (nSPS) is 10.1. The molecule has 0 atom stereocenters. The molecule has 0 bridgehead atoms. The molecule has 0 saturated heterocycles. The van der Waals surface area contributed by atoms with Gasteiger partial charge in [-0.25, -0.2) is 15.6 Å². The number of aliphatic hydroxyl groups excluding tert-OH is 1. The predicted molar refractivity (Wildman–Crippen MR) is 572 cm³/mol. The number of hydrogen-bond donors (Lipinski definition) is 6. The molecule has 0 radical (unpaired) electrons. The summed E-state index contributed by atoms with van der Waals surface area (Å²) in [6.45, 7) is 31.9. The molecule has 29 nitrogen and oxygen atoms in total. The van der Waals surface area contributed by atoms with E-state index in [2.05, 4.69) is 194 Å². The van der Waals surface area contributed by atoms with Crippen LogP contribution in [0.2, 0.25) is 0 Å². The van der Waals surface area contributed by atoms with Crippen LogP contribution >= 0.6 is 146 Å². The number of ether oxygens (including phenoxy) is 5. The molecular weight excluding hydrogens is 2390 g/mol. The van der Waals surface area contributed by atoms with Gasteiger partial charge in [0.1, 0.15) is 34.5 Å². The van der Waals surface area contributed by atoms with Crippen molar-refractivity contribution in [2.45, 2.75) is 210 Å². The third kappa shape index (κ3) is 53.5. The Labute approximate surface area is 987 Å². The van der Waals surface area contributed by atoms with E-state index in [1.807, 2.05) is 84.9 Å². The number of oxime groups is 1. The van der Waals surface area contributed by atoms with Crippen LogP contribution < -0.4 is 143 Å². The van der Waals surface area contributed by atoms with Crippen molar-refractivity contribution in [3.05, 3.63) is 218 Å². The average Bonchev–Trinajstić information content (AvgIpc) is 1.63. The van der Waals surface area contributed by atoms with Crippen molar-refractivity contribution in [1.29, 1.82) is 0 Å². The number of phenolic OH excluding ortho intramolecular Hbond substituents is 1. The number of aliphatic hydroxyl groups is 1. The van der Waals surface area contributed by atoms with Crippen molar-refractivity contribution in [3.8, 4) is 103 Å². The molecule has 8 aromatic carbocycles. The molecule has 0 aliphatic rings. The molecular formula is C100H121Br7Cl3K2N11O18. The number of unbranched alkanes of at least 4 members (excludes halogenated alkanes) is 18. The second-order valence-corrected chi connectivity index (χ2v) is 36.5. The monoisotopic (exact) mass is 2500 g/mol. The summed E-state index contributed by atoms with van der Waals surface area (Å²) in [5, 5.41) is 54.8. The smallest absolute Gasteiger partial charge is 1.00 e. The van der Waals surface area contributed by atoms with Crippen molar-refractivity contribution in [1.82, 2.24) is 30.4 Å². The molecule has 11 rings (SSSR count). The summed E-state index contributed by atoms with van der Waals surface area (Å²) in [7, 11) is 0. The SMILES string of the molecule is C.CCCCCCBr.CCCCCCOc1ccc(-c2noc(-c3cc(-c4nc(-c5ccc(OCCCCCC)c(Br)c5)no4)cc(-c4nc(-c5ccc(OCCCCCC)c(Br)c5)no4)c3)n2)cc1Br.CCCCCCOc1ccc(C(N)=NO)cc1Br.CCO.NO.O=C(Cl)c1cc(C(=O)Cl)cc(C(=O)Cl)c1.O=CO[O-].[C-]#[N+]c1ccc(O)c(Br)c1.[C-]#[N+]c1ccc(OCCCCCC)c(Br)c1.[H-].[K+].[K+]. The number of nitrogens with zero attached hydrogens (tertiary/aromatic N) is 9. The molecule has 0 amide bonds. The summed E-state index contributed by atoms with van der Waals surface area (Å²) in [6, 6.07) is 41.8. The number of rotatable bonds is 45. The van der Waals surface area contributed by atoms with E-state index in [1.54, 1.807) is 43.3 Å². The molecule has 0 saturated carbocycles. The van der Waals surface area contributed by atoms with Gasteiger partial charge in [-0.3, -0.25) is 19.2 Å². The van der Waals surface area contributed by atoms with E-state index in [1.165, 1.54) is 132 Å². The summed E-state index contributed by atoms with van der Waals surface area (Å²) in [5.74, 6) is 9.66. The van der Waals surface area contributed by atoms with E-state index in [0.29, 0.717) is 82.0 Å². The minimum Gasteiger partial charge on any atom is -1.00 e. The van der Waals surface area contributed by atoms with Gasteiger partial charge in [-0.15, -0.1) is 0 Å². The van der Waals surface area contributed by atoms with Crippen LogP contribution in [0.4, 0.5) is 11.4 Å². The molecule has 756 valence electrons. The van der Waals surface area contributed by atoms with E-state index in [4.69, 9.17) is 137 Å². The second-order valence-electron chi connectivity index (χ2n) is 29.5. The Balaban J connectivity index is 0. The van der Waals surface area contributed by atoms with Crippen LogP contribution in [0.25, 0.3) is 78.2 Å². The first kappa shape index (κ1) is 135.